The van der Waals surface area contributed by atoms with Crippen LogP contribution in [0.4, 0.5) is 13.2 Å². The molecule has 13 heavy (non-hydrogen) atoms. The van der Waals surface area contributed by atoms with Gasteiger partial charge in [0.25, 0.3) is 0 Å². The summed E-state index contributed by atoms with van der Waals surface area (Å²) in [6, 6.07) is 0.909. The molecule has 68 valence electrons. The summed E-state index contributed by atoms with van der Waals surface area (Å²) in [5.74, 6) is 0. The summed E-state index contributed by atoms with van der Waals surface area (Å²) in [6.07, 6.45) is -1.97. The molecular formula is C7H4F3N3. The molecule has 2 heterocycles. The minimum atomic E-state index is -4.41. The third kappa shape index (κ3) is 1.34. The first-order valence-electron chi connectivity index (χ1n) is 3.44. The van der Waals surface area contributed by atoms with E-state index >= 15 is 0 Å². The molecule has 0 bridgehead atoms. The lowest BCUT2D eigenvalue weighted by Crippen LogP contribution is -2.07. The lowest BCUT2D eigenvalue weighted by molar-refractivity contribution is -0.141. The van der Waals surface area contributed by atoms with Gasteiger partial charge in [0.2, 0.25) is 0 Å². The Kier molecular flexibility index (Phi) is 1.51. The van der Waals surface area contributed by atoms with Crippen LogP contribution in [0.25, 0.3) is 11.0 Å². The Bertz CT molecular complexity index is 432. The fourth-order valence-electron chi connectivity index (χ4n) is 0.989. The molecule has 3 nitrogen and oxygen atoms in total. The van der Waals surface area contributed by atoms with Gasteiger partial charge in [-0.25, -0.2) is 9.97 Å². The zero-order chi connectivity index (χ0) is 9.47. The number of fused-ring (bicyclic) bond motifs is 1. The van der Waals surface area contributed by atoms with Crippen molar-refractivity contribution in [3.8, 4) is 0 Å². The van der Waals surface area contributed by atoms with Crippen LogP contribution in [0.1, 0.15) is 5.69 Å². The van der Waals surface area contributed by atoms with E-state index in [1.165, 1.54) is 6.33 Å². The largest absolute Gasteiger partial charge is 0.433 e. The maximum Gasteiger partial charge on any atom is 0.433 e. The van der Waals surface area contributed by atoms with Gasteiger partial charge in [0, 0.05) is 0 Å². The summed E-state index contributed by atoms with van der Waals surface area (Å²) < 4.78 is 36.4. The molecule has 0 unspecified atom stereocenters. The molecule has 2 aromatic heterocycles. The molecule has 0 saturated heterocycles. The van der Waals surface area contributed by atoms with Crippen molar-refractivity contribution in [2.24, 2.45) is 0 Å². The van der Waals surface area contributed by atoms with Crippen LogP contribution in [0, 0.1) is 0 Å². The summed E-state index contributed by atoms with van der Waals surface area (Å²) in [6.45, 7) is 0. The van der Waals surface area contributed by atoms with Crippen molar-refractivity contribution in [3.63, 3.8) is 0 Å². The summed E-state index contributed by atoms with van der Waals surface area (Å²) >= 11 is 0. The molecule has 6 heteroatoms. The monoisotopic (exact) mass is 187 g/mol. The number of imidazole rings is 1. The molecule has 0 spiro atoms. The average molecular weight is 187 g/mol. The summed E-state index contributed by atoms with van der Waals surface area (Å²) in [7, 11) is 0. The highest BCUT2D eigenvalue weighted by Crippen LogP contribution is 2.28. The fourth-order valence-corrected chi connectivity index (χ4v) is 0.989. The number of hydrogen-bond acceptors (Lipinski definition) is 2. The quantitative estimate of drug-likeness (QED) is 0.685. The number of rotatable bonds is 0. The Morgan fingerprint density at radius 1 is 1.23 bits per heavy atom. The van der Waals surface area contributed by atoms with Gasteiger partial charge < -0.3 is 4.98 Å². The molecule has 0 atom stereocenters. The normalized spacial score (nSPS) is 12.2. The Hall–Kier alpha value is -1.59. The second-order valence-electron chi connectivity index (χ2n) is 2.49. The molecule has 0 aliphatic rings. The Balaban J connectivity index is 2.61. The first kappa shape index (κ1) is 8.03. The highest BCUT2D eigenvalue weighted by atomic mass is 19.4. The van der Waals surface area contributed by atoms with Crippen molar-refractivity contribution in [1.29, 1.82) is 0 Å². The van der Waals surface area contributed by atoms with E-state index in [1.54, 1.807) is 0 Å². The molecule has 0 fully saturated rings. The van der Waals surface area contributed by atoms with Crippen LogP contribution < -0.4 is 0 Å². The second-order valence-corrected chi connectivity index (χ2v) is 2.49. The number of aromatic nitrogens is 3. The van der Waals surface area contributed by atoms with Crippen LogP contribution >= 0.6 is 0 Å². The molecule has 0 aromatic carbocycles. The number of hydrogen-bond donors (Lipinski definition) is 1. The van der Waals surface area contributed by atoms with Crippen LogP contribution in [0.15, 0.2) is 18.6 Å². The van der Waals surface area contributed by atoms with E-state index in [2.05, 4.69) is 15.0 Å². The third-order valence-electron chi connectivity index (χ3n) is 1.60. The maximum absolute atomic E-state index is 12.1. The zero-order valence-electron chi connectivity index (χ0n) is 6.26. The Morgan fingerprint density at radius 3 is 2.69 bits per heavy atom. The van der Waals surface area contributed by atoms with E-state index in [4.69, 9.17) is 0 Å². The molecule has 1 N–H and O–H groups in total. The van der Waals surface area contributed by atoms with E-state index in [9.17, 15) is 13.2 Å². The topological polar surface area (TPSA) is 41.6 Å². The van der Waals surface area contributed by atoms with Gasteiger partial charge in [-0.2, -0.15) is 13.2 Å². The fraction of sp³-hybridized carbons (Fsp3) is 0.143. The van der Waals surface area contributed by atoms with Crippen molar-refractivity contribution < 1.29 is 13.2 Å². The minimum Gasteiger partial charge on any atom is -0.343 e. The van der Waals surface area contributed by atoms with Gasteiger partial charge in [-0.05, 0) is 6.07 Å². The van der Waals surface area contributed by atoms with Gasteiger partial charge in [-0.15, -0.1) is 0 Å². The highest BCUT2D eigenvalue weighted by Gasteiger charge is 2.32. The molecule has 0 aliphatic carbocycles. The van der Waals surface area contributed by atoms with E-state index < -0.39 is 11.9 Å². The zero-order valence-corrected chi connectivity index (χ0v) is 6.26. The molecule has 2 rings (SSSR count). The first-order chi connectivity index (χ1) is 6.07. The SMILES string of the molecule is FC(F)(F)c1cc2nc[nH]c2cn1. The smallest absolute Gasteiger partial charge is 0.343 e. The van der Waals surface area contributed by atoms with Crippen molar-refractivity contribution in [1.82, 2.24) is 15.0 Å². The second kappa shape index (κ2) is 2.45. The average Bonchev–Trinajstić information content (AvgIpc) is 2.47. The van der Waals surface area contributed by atoms with Crippen LogP contribution in [-0.2, 0) is 6.18 Å². The van der Waals surface area contributed by atoms with Crippen LogP contribution in [0.5, 0.6) is 0 Å². The van der Waals surface area contributed by atoms with E-state index in [0.717, 1.165) is 12.3 Å². The molecular weight excluding hydrogens is 183 g/mol. The van der Waals surface area contributed by atoms with Crippen molar-refractivity contribution >= 4 is 11.0 Å². The van der Waals surface area contributed by atoms with Gasteiger partial charge in [-0.3, -0.25) is 0 Å². The van der Waals surface area contributed by atoms with Gasteiger partial charge in [0.15, 0.2) is 0 Å². The van der Waals surface area contributed by atoms with Gasteiger partial charge in [-0.1, -0.05) is 0 Å². The Labute approximate surface area is 70.6 Å². The van der Waals surface area contributed by atoms with Crippen molar-refractivity contribution in [2.75, 3.05) is 0 Å². The minimum absolute atomic E-state index is 0.266. The van der Waals surface area contributed by atoms with E-state index in [0.29, 0.717) is 5.52 Å². The predicted octanol–water partition coefficient (Wildman–Crippen LogP) is 1.98. The summed E-state index contributed by atoms with van der Waals surface area (Å²) in [4.78, 5) is 9.61. The van der Waals surface area contributed by atoms with E-state index in [-0.39, 0.29) is 5.52 Å². The molecule has 0 saturated carbocycles. The third-order valence-corrected chi connectivity index (χ3v) is 1.60. The predicted molar refractivity (Wildman–Crippen MR) is 38.9 cm³/mol. The number of alkyl halides is 3. The van der Waals surface area contributed by atoms with Crippen LogP contribution in [0.2, 0.25) is 0 Å². The van der Waals surface area contributed by atoms with Crippen LogP contribution in [-0.4, -0.2) is 15.0 Å². The van der Waals surface area contributed by atoms with E-state index in [1.807, 2.05) is 0 Å². The van der Waals surface area contributed by atoms with Crippen molar-refractivity contribution in [3.05, 3.63) is 24.3 Å². The van der Waals surface area contributed by atoms with Crippen molar-refractivity contribution in [2.45, 2.75) is 6.18 Å². The lowest BCUT2D eigenvalue weighted by Gasteiger charge is -2.03. The number of pyridine rings is 1. The summed E-state index contributed by atoms with van der Waals surface area (Å²) in [5.41, 5.74) is -0.164. The number of halogens is 3. The molecule has 0 aliphatic heterocycles. The maximum atomic E-state index is 12.1. The Morgan fingerprint density at radius 2 is 2.00 bits per heavy atom. The molecule has 0 radical (unpaired) electrons. The standard InChI is InChI=1S/C7H4F3N3/c8-7(9,10)6-1-4-5(2-11-6)13-3-12-4/h1-3H,(H,12,13). The van der Waals surface area contributed by atoms with Gasteiger partial charge >= 0.3 is 6.18 Å². The van der Waals surface area contributed by atoms with Gasteiger partial charge in [0.1, 0.15) is 5.69 Å². The van der Waals surface area contributed by atoms with Crippen LogP contribution in [0.3, 0.4) is 0 Å². The number of nitrogens with zero attached hydrogens (tertiary/aromatic N) is 2. The number of H-pyrrole nitrogens is 1. The number of aromatic amines is 1. The number of nitrogens with one attached hydrogen (secondary N) is 1. The summed E-state index contributed by atoms with van der Waals surface area (Å²) in [5, 5.41) is 0. The van der Waals surface area contributed by atoms with Gasteiger partial charge in [0.05, 0.1) is 23.6 Å². The first-order valence-corrected chi connectivity index (χ1v) is 3.44. The highest BCUT2D eigenvalue weighted by molar-refractivity contribution is 5.73. The molecule has 0 amide bonds. The lowest BCUT2D eigenvalue weighted by atomic mass is 10.3. The molecule has 2 aromatic rings.